The van der Waals surface area contributed by atoms with Gasteiger partial charge in [-0.25, -0.2) is 9.59 Å². The summed E-state index contributed by atoms with van der Waals surface area (Å²) >= 11 is 0. The first-order valence-corrected chi connectivity index (χ1v) is 4.89. The molecule has 0 radical (unpaired) electrons. The standard InChI is InChI=1S/C10H14N2O4/c1-3-6(2)11-10(16)12-5-7(13)4-8(12)9(14)15/h1,6-8,13H,4-5H2,2H3,(H,11,16)(H,14,15)/t6?,7-,8-/m1/s1. The van der Waals surface area contributed by atoms with E-state index in [9.17, 15) is 14.7 Å². The van der Waals surface area contributed by atoms with Crippen molar-refractivity contribution in [2.75, 3.05) is 6.54 Å². The van der Waals surface area contributed by atoms with Gasteiger partial charge in [-0.15, -0.1) is 6.42 Å². The number of likely N-dealkylation sites (tertiary alicyclic amines) is 1. The number of carboxylic acid groups (broad SMARTS) is 1. The lowest BCUT2D eigenvalue weighted by molar-refractivity contribution is -0.141. The van der Waals surface area contributed by atoms with Gasteiger partial charge in [0.15, 0.2) is 0 Å². The molecule has 1 fully saturated rings. The Morgan fingerprint density at radius 1 is 1.62 bits per heavy atom. The van der Waals surface area contributed by atoms with Gasteiger partial charge in [-0.3, -0.25) is 0 Å². The molecule has 0 aromatic rings. The third-order valence-electron chi connectivity index (χ3n) is 2.41. The van der Waals surface area contributed by atoms with E-state index in [1.54, 1.807) is 6.92 Å². The zero-order valence-electron chi connectivity index (χ0n) is 8.88. The average Bonchev–Trinajstić information content (AvgIpc) is 2.60. The van der Waals surface area contributed by atoms with Crippen molar-refractivity contribution in [3.05, 3.63) is 0 Å². The molecule has 6 nitrogen and oxygen atoms in total. The van der Waals surface area contributed by atoms with Crippen LogP contribution in [0.5, 0.6) is 0 Å². The predicted molar refractivity (Wildman–Crippen MR) is 55.6 cm³/mol. The van der Waals surface area contributed by atoms with Crippen molar-refractivity contribution >= 4 is 12.0 Å². The smallest absolute Gasteiger partial charge is 0.326 e. The largest absolute Gasteiger partial charge is 0.480 e. The number of hydrogen-bond acceptors (Lipinski definition) is 3. The molecule has 0 aromatic heterocycles. The summed E-state index contributed by atoms with van der Waals surface area (Å²) in [5.74, 6) is 1.18. The number of amides is 2. The van der Waals surface area contributed by atoms with Gasteiger partial charge in [0.25, 0.3) is 0 Å². The fraction of sp³-hybridized carbons (Fsp3) is 0.600. The maximum Gasteiger partial charge on any atom is 0.326 e. The van der Waals surface area contributed by atoms with Gasteiger partial charge in [0.2, 0.25) is 0 Å². The van der Waals surface area contributed by atoms with Crippen LogP contribution < -0.4 is 5.32 Å². The predicted octanol–water partition coefficient (Wildman–Crippen LogP) is -0.762. The molecule has 3 N–H and O–H groups in total. The van der Waals surface area contributed by atoms with Crippen molar-refractivity contribution in [3.63, 3.8) is 0 Å². The number of aliphatic carboxylic acids is 1. The molecule has 0 aromatic carbocycles. The summed E-state index contributed by atoms with van der Waals surface area (Å²) in [6, 6.07) is -2.02. The fourth-order valence-corrected chi connectivity index (χ4v) is 1.58. The van der Waals surface area contributed by atoms with Crippen molar-refractivity contribution in [3.8, 4) is 12.3 Å². The van der Waals surface area contributed by atoms with Crippen LogP contribution in [0, 0.1) is 12.3 Å². The number of terminal acetylenes is 1. The van der Waals surface area contributed by atoms with Crippen LogP contribution in [0.3, 0.4) is 0 Å². The molecule has 0 bridgehead atoms. The zero-order chi connectivity index (χ0) is 12.3. The number of carboxylic acids is 1. The van der Waals surface area contributed by atoms with E-state index in [2.05, 4.69) is 11.2 Å². The maximum absolute atomic E-state index is 11.6. The van der Waals surface area contributed by atoms with Crippen molar-refractivity contribution in [2.45, 2.75) is 31.5 Å². The minimum absolute atomic E-state index is 0.0140. The molecule has 1 saturated heterocycles. The molecule has 0 aliphatic carbocycles. The van der Waals surface area contributed by atoms with Crippen LogP contribution in [-0.2, 0) is 4.79 Å². The third-order valence-corrected chi connectivity index (χ3v) is 2.41. The lowest BCUT2D eigenvalue weighted by Gasteiger charge is -2.22. The van der Waals surface area contributed by atoms with Crippen LogP contribution in [0.1, 0.15) is 13.3 Å². The molecule has 1 aliphatic rings. The minimum atomic E-state index is -1.12. The van der Waals surface area contributed by atoms with Crippen molar-refractivity contribution in [2.24, 2.45) is 0 Å². The van der Waals surface area contributed by atoms with E-state index in [0.717, 1.165) is 4.90 Å². The second-order valence-corrected chi connectivity index (χ2v) is 3.73. The van der Waals surface area contributed by atoms with Crippen molar-refractivity contribution in [1.82, 2.24) is 10.2 Å². The quantitative estimate of drug-likeness (QED) is 0.540. The van der Waals surface area contributed by atoms with Gasteiger partial charge in [0, 0.05) is 13.0 Å². The molecule has 16 heavy (non-hydrogen) atoms. The van der Waals surface area contributed by atoms with E-state index in [4.69, 9.17) is 11.5 Å². The van der Waals surface area contributed by atoms with Crippen LogP contribution in [0.15, 0.2) is 0 Å². The Bertz CT molecular complexity index is 336. The maximum atomic E-state index is 11.6. The van der Waals surface area contributed by atoms with Gasteiger partial charge >= 0.3 is 12.0 Å². The summed E-state index contributed by atoms with van der Waals surface area (Å²) in [7, 11) is 0. The summed E-state index contributed by atoms with van der Waals surface area (Å²) < 4.78 is 0. The number of nitrogens with zero attached hydrogens (tertiary/aromatic N) is 1. The summed E-state index contributed by atoms with van der Waals surface area (Å²) in [4.78, 5) is 23.5. The third kappa shape index (κ3) is 2.64. The first-order chi connectivity index (χ1) is 7.45. The highest BCUT2D eigenvalue weighted by Crippen LogP contribution is 2.18. The second kappa shape index (κ2) is 4.86. The summed E-state index contributed by atoms with van der Waals surface area (Å²) in [5.41, 5.74) is 0. The van der Waals surface area contributed by atoms with Gasteiger partial charge in [0.05, 0.1) is 12.1 Å². The van der Waals surface area contributed by atoms with Crippen LogP contribution in [0.4, 0.5) is 4.79 Å². The molecule has 3 atom stereocenters. The monoisotopic (exact) mass is 226 g/mol. The normalized spacial score (nSPS) is 25.9. The number of carbonyl (C=O) groups is 2. The van der Waals surface area contributed by atoms with Gasteiger partial charge in [-0.1, -0.05) is 5.92 Å². The Balaban J connectivity index is 2.68. The van der Waals surface area contributed by atoms with E-state index < -0.39 is 30.2 Å². The van der Waals surface area contributed by atoms with Crippen LogP contribution >= 0.6 is 0 Å². The average molecular weight is 226 g/mol. The van der Waals surface area contributed by atoms with E-state index in [0.29, 0.717) is 0 Å². The number of hydrogen-bond donors (Lipinski definition) is 3. The molecular formula is C10H14N2O4. The Morgan fingerprint density at radius 2 is 2.25 bits per heavy atom. The van der Waals surface area contributed by atoms with E-state index in [1.807, 2.05) is 0 Å². The molecule has 88 valence electrons. The number of urea groups is 1. The van der Waals surface area contributed by atoms with Gasteiger partial charge < -0.3 is 20.4 Å². The van der Waals surface area contributed by atoms with E-state index in [1.165, 1.54) is 0 Å². The number of rotatable bonds is 2. The van der Waals surface area contributed by atoms with Crippen molar-refractivity contribution in [1.29, 1.82) is 0 Å². The zero-order valence-corrected chi connectivity index (χ0v) is 8.88. The molecule has 1 rings (SSSR count). The Morgan fingerprint density at radius 3 is 2.75 bits per heavy atom. The number of β-amino-alcohol motifs (C(OH)–C–C–N with tert-alkyl or cyclic N) is 1. The van der Waals surface area contributed by atoms with Crippen LogP contribution in [-0.4, -0.2) is 51.8 Å². The first kappa shape index (κ1) is 12.3. The Kier molecular flexibility index (Phi) is 3.74. The SMILES string of the molecule is C#CC(C)NC(=O)N1C[C@H](O)C[C@@H]1C(=O)O. The lowest BCUT2D eigenvalue weighted by Crippen LogP contribution is -2.48. The first-order valence-electron chi connectivity index (χ1n) is 4.89. The molecule has 1 unspecified atom stereocenters. The van der Waals surface area contributed by atoms with E-state index >= 15 is 0 Å². The van der Waals surface area contributed by atoms with Gasteiger partial charge in [-0.05, 0) is 6.92 Å². The molecular weight excluding hydrogens is 212 g/mol. The fourth-order valence-electron chi connectivity index (χ4n) is 1.58. The molecule has 0 spiro atoms. The Labute approximate surface area is 93.2 Å². The number of nitrogens with one attached hydrogen (secondary N) is 1. The summed E-state index contributed by atoms with van der Waals surface area (Å²) in [6.45, 7) is 1.63. The molecule has 1 aliphatic heterocycles. The van der Waals surface area contributed by atoms with Crippen LogP contribution in [0.25, 0.3) is 0 Å². The molecule has 2 amide bonds. The molecule has 0 saturated carbocycles. The lowest BCUT2D eigenvalue weighted by atomic mass is 10.2. The van der Waals surface area contributed by atoms with Crippen LogP contribution in [0.2, 0.25) is 0 Å². The van der Waals surface area contributed by atoms with Crippen molar-refractivity contribution < 1.29 is 19.8 Å². The highest BCUT2D eigenvalue weighted by Gasteiger charge is 2.39. The highest BCUT2D eigenvalue weighted by molar-refractivity contribution is 5.83. The van der Waals surface area contributed by atoms with Gasteiger partial charge in [0.1, 0.15) is 6.04 Å². The van der Waals surface area contributed by atoms with E-state index in [-0.39, 0.29) is 13.0 Å². The molecule has 1 heterocycles. The summed E-state index contributed by atoms with van der Waals surface area (Å²) in [6.07, 6.45) is 4.34. The number of aliphatic hydroxyl groups is 1. The topological polar surface area (TPSA) is 89.9 Å². The number of aliphatic hydroxyl groups excluding tert-OH is 1. The highest BCUT2D eigenvalue weighted by atomic mass is 16.4. The second-order valence-electron chi connectivity index (χ2n) is 3.73. The summed E-state index contributed by atoms with van der Waals surface area (Å²) in [5, 5.41) is 20.7. The van der Waals surface area contributed by atoms with Gasteiger partial charge in [-0.2, -0.15) is 0 Å². The Hall–Kier alpha value is -1.74. The number of carbonyl (C=O) groups excluding carboxylic acids is 1. The molecule has 6 heteroatoms. The minimum Gasteiger partial charge on any atom is -0.480 e.